The number of pyridine rings is 1. The van der Waals surface area contributed by atoms with Gasteiger partial charge in [-0.05, 0) is 30.3 Å². The van der Waals surface area contributed by atoms with Gasteiger partial charge in [-0.15, -0.1) is 0 Å². The quantitative estimate of drug-likeness (QED) is 0.622. The molecule has 0 atom stereocenters. The summed E-state index contributed by atoms with van der Waals surface area (Å²) in [5.41, 5.74) is 1.13. The van der Waals surface area contributed by atoms with Crippen molar-refractivity contribution >= 4 is 11.6 Å². The van der Waals surface area contributed by atoms with Gasteiger partial charge in [-0.3, -0.25) is 4.79 Å². The predicted octanol–water partition coefficient (Wildman–Crippen LogP) is 4.39. The molecule has 0 aliphatic heterocycles. The number of alkyl halides is 1. The molecule has 0 aliphatic rings. The SMILES string of the molecule is COc1ccccc1CN(C(=O)CF)c1cccnc1Oc1ccccc1. The van der Waals surface area contributed by atoms with Gasteiger partial charge in [-0.1, -0.05) is 36.4 Å². The molecule has 0 unspecified atom stereocenters. The van der Waals surface area contributed by atoms with Crippen LogP contribution in [0.2, 0.25) is 0 Å². The number of aromatic nitrogens is 1. The van der Waals surface area contributed by atoms with Gasteiger partial charge in [0.05, 0.1) is 13.7 Å². The van der Waals surface area contributed by atoms with Gasteiger partial charge in [0, 0.05) is 11.8 Å². The van der Waals surface area contributed by atoms with E-state index in [1.807, 2.05) is 36.4 Å². The lowest BCUT2D eigenvalue weighted by Crippen LogP contribution is -2.32. The van der Waals surface area contributed by atoms with Gasteiger partial charge in [0.2, 0.25) is 5.88 Å². The number of hydrogen-bond donors (Lipinski definition) is 0. The predicted molar refractivity (Wildman–Crippen MR) is 101 cm³/mol. The van der Waals surface area contributed by atoms with E-state index in [1.165, 1.54) is 4.90 Å². The smallest absolute Gasteiger partial charge is 0.258 e. The lowest BCUT2D eigenvalue weighted by Gasteiger charge is -2.24. The fourth-order valence-electron chi connectivity index (χ4n) is 2.65. The highest BCUT2D eigenvalue weighted by molar-refractivity contribution is 5.95. The van der Waals surface area contributed by atoms with Crippen molar-refractivity contribution in [3.63, 3.8) is 0 Å². The Morgan fingerprint density at radius 1 is 1.04 bits per heavy atom. The minimum absolute atomic E-state index is 0.129. The molecule has 27 heavy (non-hydrogen) atoms. The summed E-state index contributed by atoms with van der Waals surface area (Å²) in [6.07, 6.45) is 1.56. The van der Waals surface area contributed by atoms with Crippen molar-refractivity contribution < 1.29 is 18.7 Å². The average Bonchev–Trinajstić information content (AvgIpc) is 2.73. The zero-order valence-electron chi connectivity index (χ0n) is 14.8. The Labute approximate surface area is 157 Å². The molecule has 138 valence electrons. The molecule has 0 saturated carbocycles. The van der Waals surface area contributed by atoms with E-state index in [0.29, 0.717) is 17.2 Å². The summed E-state index contributed by atoms with van der Waals surface area (Å²) >= 11 is 0. The lowest BCUT2D eigenvalue weighted by atomic mass is 10.1. The van der Waals surface area contributed by atoms with E-state index in [9.17, 15) is 9.18 Å². The van der Waals surface area contributed by atoms with Gasteiger partial charge >= 0.3 is 0 Å². The maximum atomic E-state index is 13.3. The van der Waals surface area contributed by atoms with Crippen LogP contribution >= 0.6 is 0 Å². The van der Waals surface area contributed by atoms with Crippen LogP contribution in [0.4, 0.5) is 10.1 Å². The first-order valence-corrected chi connectivity index (χ1v) is 8.39. The third-order valence-corrected chi connectivity index (χ3v) is 3.94. The van der Waals surface area contributed by atoms with E-state index in [2.05, 4.69) is 4.98 Å². The summed E-state index contributed by atoms with van der Waals surface area (Å²) in [6, 6.07) is 19.7. The third kappa shape index (κ3) is 4.41. The van der Waals surface area contributed by atoms with Crippen molar-refractivity contribution in [2.24, 2.45) is 0 Å². The number of carbonyl (C=O) groups is 1. The molecular weight excluding hydrogens is 347 g/mol. The monoisotopic (exact) mass is 366 g/mol. The molecule has 6 heteroatoms. The molecule has 0 saturated heterocycles. The Kier molecular flexibility index (Phi) is 5.99. The second-order valence-corrected chi connectivity index (χ2v) is 5.67. The number of anilines is 1. The van der Waals surface area contributed by atoms with Gasteiger partial charge in [-0.25, -0.2) is 9.37 Å². The number of halogens is 1. The van der Waals surface area contributed by atoms with Crippen LogP contribution in [-0.4, -0.2) is 24.7 Å². The Bertz CT molecular complexity index is 903. The average molecular weight is 366 g/mol. The first-order valence-electron chi connectivity index (χ1n) is 8.39. The van der Waals surface area contributed by atoms with Gasteiger partial charge < -0.3 is 14.4 Å². The molecule has 3 rings (SSSR count). The van der Waals surface area contributed by atoms with E-state index >= 15 is 0 Å². The van der Waals surface area contributed by atoms with E-state index in [0.717, 1.165) is 5.56 Å². The van der Waals surface area contributed by atoms with E-state index in [4.69, 9.17) is 9.47 Å². The van der Waals surface area contributed by atoms with Crippen LogP contribution in [-0.2, 0) is 11.3 Å². The van der Waals surface area contributed by atoms with E-state index in [-0.39, 0.29) is 12.4 Å². The lowest BCUT2D eigenvalue weighted by molar-refractivity contribution is -0.119. The molecule has 1 amide bonds. The topological polar surface area (TPSA) is 51.7 Å². The highest BCUT2D eigenvalue weighted by Gasteiger charge is 2.22. The summed E-state index contributed by atoms with van der Waals surface area (Å²) in [6.45, 7) is -1.00. The summed E-state index contributed by atoms with van der Waals surface area (Å²) in [4.78, 5) is 17.9. The van der Waals surface area contributed by atoms with Gasteiger partial charge in [-0.2, -0.15) is 0 Å². The number of carbonyl (C=O) groups excluding carboxylic acids is 1. The maximum absolute atomic E-state index is 13.3. The van der Waals surface area contributed by atoms with Crippen molar-refractivity contribution in [2.75, 3.05) is 18.7 Å². The van der Waals surface area contributed by atoms with Gasteiger partial charge in [0.1, 0.15) is 17.2 Å². The number of ether oxygens (including phenoxy) is 2. The van der Waals surface area contributed by atoms with Gasteiger partial charge in [0.25, 0.3) is 5.91 Å². The molecule has 5 nitrogen and oxygen atoms in total. The van der Waals surface area contributed by atoms with Crippen LogP contribution in [0.25, 0.3) is 0 Å². The van der Waals surface area contributed by atoms with Crippen LogP contribution in [0.15, 0.2) is 72.9 Å². The zero-order chi connectivity index (χ0) is 19.1. The third-order valence-electron chi connectivity index (χ3n) is 3.94. The molecular formula is C21H19FN2O3. The number of benzene rings is 2. The number of methoxy groups -OCH3 is 1. The number of amides is 1. The minimum Gasteiger partial charge on any atom is -0.496 e. The van der Waals surface area contributed by atoms with Crippen molar-refractivity contribution in [3.05, 3.63) is 78.5 Å². The van der Waals surface area contributed by atoms with Crippen LogP contribution in [0.5, 0.6) is 17.4 Å². The molecule has 0 radical (unpaired) electrons. The van der Waals surface area contributed by atoms with E-state index in [1.54, 1.807) is 43.6 Å². The molecule has 0 aliphatic carbocycles. The molecule has 1 heterocycles. The Balaban J connectivity index is 1.97. The summed E-state index contributed by atoms with van der Waals surface area (Å²) in [7, 11) is 1.55. The van der Waals surface area contributed by atoms with E-state index < -0.39 is 12.6 Å². The van der Waals surface area contributed by atoms with Crippen LogP contribution < -0.4 is 14.4 Å². The Morgan fingerprint density at radius 2 is 1.78 bits per heavy atom. The Morgan fingerprint density at radius 3 is 2.52 bits per heavy atom. The van der Waals surface area contributed by atoms with Crippen molar-refractivity contribution in [1.82, 2.24) is 4.98 Å². The first-order chi connectivity index (χ1) is 13.2. The highest BCUT2D eigenvalue weighted by atomic mass is 19.1. The Hall–Kier alpha value is -3.41. The number of hydrogen-bond acceptors (Lipinski definition) is 4. The number of para-hydroxylation sites is 2. The normalized spacial score (nSPS) is 10.3. The summed E-state index contributed by atoms with van der Waals surface area (Å²) < 4.78 is 24.4. The second-order valence-electron chi connectivity index (χ2n) is 5.67. The maximum Gasteiger partial charge on any atom is 0.258 e. The van der Waals surface area contributed by atoms with Gasteiger partial charge in [0.15, 0.2) is 6.67 Å². The summed E-state index contributed by atoms with van der Waals surface area (Å²) in [5.74, 6) is 0.721. The minimum atomic E-state index is -1.13. The van der Waals surface area contributed by atoms with Crippen LogP contribution in [0.3, 0.4) is 0 Å². The number of nitrogens with zero attached hydrogens (tertiary/aromatic N) is 2. The molecule has 0 fully saturated rings. The second kappa shape index (κ2) is 8.80. The van der Waals surface area contributed by atoms with Crippen LogP contribution in [0.1, 0.15) is 5.56 Å². The standard InChI is InChI=1S/C21H19FN2O3/c1-26-19-12-6-5-8-16(19)15-24(20(25)14-22)18-11-7-13-23-21(18)27-17-9-3-2-4-10-17/h2-13H,14-15H2,1H3. The molecule has 3 aromatic rings. The van der Waals surface area contributed by atoms with Crippen molar-refractivity contribution in [2.45, 2.75) is 6.54 Å². The zero-order valence-corrected chi connectivity index (χ0v) is 14.8. The summed E-state index contributed by atoms with van der Waals surface area (Å²) in [5, 5.41) is 0. The van der Waals surface area contributed by atoms with Crippen LogP contribution in [0, 0.1) is 0 Å². The number of rotatable bonds is 7. The first kappa shape index (κ1) is 18.4. The van der Waals surface area contributed by atoms with Crippen molar-refractivity contribution in [1.29, 1.82) is 0 Å². The fourth-order valence-corrected chi connectivity index (χ4v) is 2.65. The fraction of sp³-hybridized carbons (Fsp3) is 0.143. The molecule has 2 aromatic carbocycles. The van der Waals surface area contributed by atoms with Crippen molar-refractivity contribution in [3.8, 4) is 17.4 Å². The largest absolute Gasteiger partial charge is 0.496 e. The molecule has 1 aromatic heterocycles. The highest BCUT2D eigenvalue weighted by Crippen LogP contribution is 2.32. The molecule has 0 N–H and O–H groups in total. The molecule has 0 spiro atoms. The molecule has 0 bridgehead atoms.